The second kappa shape index (κ2) is 5.63. The van der Waals surface area contributed by atoms with Crippen LogP contribution in [0.1, 0.15) is 38.3 Å². The van der Waals surface area contributed by atoms with Crippen LogP contribution in [0.4, 0.5) is 0 Å². The summed E-state index contributed by atoms with van der Waals surface area (Å²) in [5, 5.41) is 9.02. The summed E-state index contributed by atoms with van der Waals surface area (Å²) in [4.78, 5) is 23.3. The standard InChI is InChI=1S/C15H21NO4/c1-10-5-7-11(8-6-10)15(16,9-12(17)18)13(19)20-14(2,3)4/h5-8H,9,16H2,1-4H3,(H,17,18)/t15-/m0/s1. The number of carboxylic acid groups (broad SMARTS) is 1. The van der Waals surface area contributed by atoms with Crippen molar-refractivity contribution in [2.75, 3.05) is 0 Å². The predicted molar refractivity (Wildman–Crippen MR) is 75.1 cm³/mol. The van der Waals surface area contributed by atoms with E-state index >= 15 is 0 Å². The first-order chi connectivity index (χ1) is 9.04. The van der Waals surface area contributed by atoms with Crippen LogP contribution in [0, 0.1) is 6.92 Å². The average Bonchev–Trinajstić information content (AvgIpc) is 2.26. The van der Waals surface area contributed by atoms with E-state index in [2.05, 4.69) is 0 Å². The van der Waals surface area contributed by atoms with E-state index < -0.39 is 29.5 Å². The zero-order valence-electron chi connectivity index (χ0n) is 12.3. The fourth-order valence-corrected chi connectivity index (χ4v) is 1.75. The Labute approximate surface area is 118 Å². The quantitative estimate of drug-likeness (QED) is 0.822. The molecule has 0 aromatic heterocycles. The highest BCUT2D eigenvalue weighted by Crippen LogP contribution is 2.26. The predicted octanol–water partition coefficient (Wildman–Crippen LogP) is 1.97. The molecule has 1 aromatic rings. The molecule has 0 amide bonds. The fourth-order valence-electron chi connectivity index (χ4n) is 1.75. The van der Waals surface area contributed by atoms with Crippen LogP contribution in [0.25, 0.3) is 0 Å². The number of carboxylic acids is 1. The van der Waals surface area contributed by atoms with Crippen molar-refractivity contribution in [3.63, 3.8) is 0 Å². The third-order valence-corrected chi connectivity index (χ3v) is 2.76. The molecule has 1 aromatic carbocycles. The van der Waals surface area contributed by atoms with Gasteiger partial charge in [-0.05, 0) is 33.3 Å². The molecule has 0 saturated heterocycles. The Hall–Kier alpha value is -1.88. The number of ether oxygens (including phenoxy) is 1. The Morgan fingerprint density at radius 3 is 2.10 bits per heavy atom. The van der Waals surface area contributed by atoms with Crippen molar-refractivity contribution in [3.05, 3.63) is 35.4 Å². The summed E-state index contributed by atoms with van der Waals surface area (Å²) >= 11 is 0. The van der Waals surface area contributed by atoms with Gasteiger partial charge >= 0.3 is 11.9 Å². The number of rotatable bonds is 4. The van der Waals surface area contributed by atoms with Gasteiger partial charge in [0.05, 0.1) is 6.42 Å². The molecule has 0 aliphatic heterocycles. The van der Waals surface area contributed by atoms with Crippen LogP contribution < -0.4 is 5.73 Å². The molecule has 0 fully saturated rings. The molecular weight excluding hydrogens is 258 g/mol. The van der Waals surface area contributed by atoms with Gasteiger partial charge in [-0.2, -0.15) is 0 Å². The Kier molecular flexibility index (Phi) is 4.55. The lowest BCUT2D eigenvalue weighted by atomic mass is 9.87. The van der Waals surface area contributed by atoms with Crippen LogP contribution >= 0.6 is 0 Å². The molecule has 1 atom stereocenters. The summed E-state index contributed by atoms with van der Waals surface area (Å²) in [5.74, 6) is -1.89. The van der Waals surface area contributed by atoms with E-state index in [4.69, 9.17) is 15.6 Å². The lowest BCUT2D eigenvalue weighted by molar-refractivity contribution is -0.165. The summed E-state index contributed by atoms with van der Waals surface area (Å²) in [6, 6.07) is 6.87. The summed E-state index contributed by atoms with van der Waals surface area (Å²) in [6.45, 7) is 7.02. The molecule has 0 aliphatic rings. The van der Waals surface area contributed by atoms with E-state index in [0.29, 0.717) is 5.56 Å². The van der Waals surface area contributed by atoms with Crippen LogP contribution in [0.3, 0.4) is 0 Å². The number of carbonyl (C=O) groups excluding carboxylic acids is 1. The smallest absolute Gasteiger partial charge is 0.331 e. The van der Waals surface area contributed by atoms with Gasteiger partial charge < -0.3 is 15.6 Å². The number of esters is 1. The van der Waals surface area contributed by atoms with Gasteiger partial charge in [0.25, 0.3) is 0 Å². The Balaban J connectivity index is 3.18. The fraction of sp³-hybridized carbons (Fsp3) is 0.467. The SMILES string of the molecule is Cc1ccc([C@@](N)(CC(=O)O)C(=O)OC(C)(C)C)cc1. The third-order valence-electron chi connectivity index (χ3n) is 2.76. The minimum Gasteiger partial charge on any atom is -0.481 e. The molecule has 3 N–H and O–H groups in total. The number of aryl methyl sites for hydroxylation is 1. The second-order valence-electron chi connectivity index (χ2n) is 5.91. The van der Waals surface area contributed by atoms with Crippen molar-refractivity contribution < 1.29 is 19.4 Å². The molecule has 0 heterocycles. The maximum Gasteiger partial charge on any atom is 0.331 e. The maximum atomic E-state index is 12.3. The molecule has 0 unspecified atom stereocenters. The Morgan fingerprint density at radius 1 is 1.20 bits per heavy atom. The molecule has 1 rings (SSSR count). The molecule has 5 heteroatoms. The van der Waals surface area contributed by atoms with E-state index in [9.17, 15) is 9.59 Å². The van der Waals surface area contributed by atoms with Gasteiger partial charge in [-0.1, -0.05) is 29.8 Å². The summed E-state index contributed by atoms with van der Waals surface area (Å²) in [5.41, 5.74) is 5.07. The molecule has 0 radical (unpaired) electrons. The van der Waals surface area contributed by atoms with Crippen molar-refractivity contribution in [2.24, 2.45) is 5.73 Å². The van der Waals surface area contributed by atoms with Gasteiger partial charge in [0.1, 0.15) is 5.60 Å². The van der Waals surface area contributed by atoms with Crippen LogP contribution in [0.5, 0.6) is 0 Å². The number of carbonyl (C=O) groups is 2. The monoisotopic (exact) mass is 279 g/mol. The molecule has 20 heavy (non-hydrogen) atoms. The number of hydrogen-bond acceptors (Lipinski definition) is 4. The van der Waals surface area contributed by atoms with E-state index in [-0.39, 0.29) is 0 Å². The Morgan fingerprint density at radius 2 is 1.70 bits per heavy atom. The summed E-state index contributed by atoms with van der Waals surface area (Å²) < 4.78 is 5.26. The van der Waals surface area contributed by atoms with Crippen LogP contribution in [0.15, 0.2) is 24.3 Å². The molecule has 110 valence electrons. The van der Waals surface area contributed by atoms with Gasteiger partial charge in [0.2, 0.25) is 0 Å². The molecule has 0 saturated carbocycles. The van der Waals surface area contributed by atoms with E-state index in [0.717, 1.165) is 5.56 Å². The van der Waals surface area contributed by atoms with Crippen molar-refractivity contribution in [1.29, 1.82) is 0 Å². The van der Waals surface area contributed by atoms with Gasteiger partial charge in [0, 0.05) is 0 Å². The van der Waals surface area contributed by atoms with Crippen molar-refractivity contribution >= 4 is 11.9 Å². The maximum absolute atomic E-state index is 12.3. The van der Waals surface area contributed by atoms with E-state index in [1.54, 1.807) is 45.0 Å². The average molecular weight is 279 g/mol. The number of nitrogens with two attached hydrogens (primary N) is 1. The topological polar surface area (TPSA) is 89.6 Å². The highest BCUT2D eigenvalue weighted by Gasteiger charge is 2.41. The van der Waals surface area contributed by atoms with Crippen LogP contribution in [0.2, 0.25) is 0 Å². The summed E-state index contributed by atoms with van der Waals surface area (Å²) in [6.07, 6.45) is -0.523. The molecule has 0 bridgehead atoms. The molecule has 5 nitrogen and oxygen atoms in total. The van der Waals surface area contributed by atoms with Crippen LogP contribution in [-0.4, -0.2) is 22.6 Å². The van der Waals surface area contributed by atoms with Gasteiger partial charge in [0.15, 0.2) is 5.54 Å². The molecule has 0 spiro atoms. The minimum absolute atomic E-state index is 0.430. The van der Waals surface area contributed by atoms with Crippen molar-refractivity contribution in [1.82, 2.24) is 0 Å². The van der Waals surface area contributed by atoms with E-state index in [1.165, 1.54) is 0 Å². The highest BCUT2D eigenvalue weighted by molar-refractivity contribution is 5.87. The first-order valence-electron chi connectivity index (χ1n) is 6.36. The molecule has 0 aliphatic carbocycles. The number of aliphatic carboxylic acids is 1. The lowest BCUT2D eigenvalue weighted by Crippen LogP contribution is -2.49. The number of benzene rings is 1. The first-order valence-corrected chi connectivity index (χ1v) is 6.36. The van der Waals surface area contributed by atoms with Gasteiger partial charge in [-0.3, -0.25) is 4.79 Å². The van der Waals surface area contributed by atoms with E-state index in [1.807, 2.05) is 6.92 Å². The normalized spacial score (nSPS) is 14.4. The summed E-state index contributed by atoms with van der Waals surface area (Å²) in [7, 11) is 0. The van der Waals surface area contributed by atoms with Gasteiger partial charge in [-0.15, -0.1) is 0 Å². The minimum atomic E-state index is -1.69. The number of hydrogen-bond donors (Lipinski definition) is 2. The zero-order valence-corrected chi connectivity index (χ0v) is 12.3. The zero-order chi connectivity index (χ0) is 15.6. The lowest BCUT2D eigenvalue weighted by Gasteiger charge is -2.30. The van der Waals surface area contributed by atoms with Gasteiger partial charge in [-0.25, -0.2) is 4.79 Å². The Bertz CT molecular complexity index is 502. The van der Waals surface area contributed by atoms with Crippen molar-refractivity contribution in [3.8, 4) is 0 Å². The first kappa shape index (κ1) is 16.2. The second-order valence-corrected chi connectivity index (χ2v) is 5.91. The largest absolute Gasteiger partial charge is 0.481 e. The molecular formula is C15H21NO4. The highest BCUT2D eigenvalue weighted by atomic mass is 16.6. The van der Waals surface area contributed by atoms with Crippen LogP contribution in [-0.2, 0) is 19.9 Å². The third kappa shape index (κ3) is 4.06. The van der Waals surface area contributed by atoms with Crippen molar-refractivity contribution in [2.45, 2.75) is 45.3 Å².